The van der Waals surface area contributed by atoms with E-state index in [0.717, 1.165) is 0 Å². The van der Waals surface area contributed by atoms with Gasteiger partial charge in [0.15, 0.2) is 0 Å². The van der Waals surface area contributed by atoms with Gasteiger partial charge in [-0.3, -0.25) is 4.90 Å². The van der Waals surface area contributed by atoms with Crippen LogP contribution in [0.4, 0.5) is 5.69 Å². The van der Waals surface area contributed by atoms with Crippen LogP contribution in [0.3, 0.4) is 0 Å². The van der Waals surface area contributed by atoms with E-state index in [-0.39, 0.29) is 10.9 Å². The van der Waals surface area contributed by atoms with E-state index in [0.29, 0.717) is 18.3 Å². The van der Waals surface area contributed by atoms with Crippen LogP contribution in [0.25, 0.3) is 0 Å². The first-order valence-corrected chi connectivity index (χ1v) is 7.95. The second-order valence-electron chi connectivity index (χ2n) is 5.17. The largest absolute Gasteiger partial charge is 0.399 e. The molecule has 1 aromatic carbocycles. The predicted molar refractivity (Wildman–Crippen MR) is 76.3 cm³/mol. The molecule has 1 fully saturated rings. The van der Waals surface area contributed by atoms with Gasteiger partial charge in [-0.15, -0.1) is 0 Å². The van der Waals surface area contributed by atoms with Crippen molar-refractivity contribution in [3.8, 4) is 0 Å². The molecule has 1 aliphatic rings. The Bertz CT molecular complexity index is 523. The second kappa shape index (κ2) is 5.48. The lowest BCUT2D eigenvalue weighted by Gasteiger charge is -2.24. The topological polar surface area (TPSA) is 75.4 Å². The first-order valence-electron chi connectivity index (χ1n) is 6.47. The van der Waals surface area contributed by atoms with E-state index in [1.54, 1.807) is 12.1 Å². The number of nitrogens with two attached hydrogens (primary N) is 1. The maximum absolute atomic E-state index is 12.1. The van der Waals surface area contributed by atoms with Crippen LogP contribution < -0.4 is 10.5 Å². The normalized spacial score (nSPS) is 17.6. The summed E-state index contributed by atoms with van der Waals surface area (Å²) in [6.07, 6.45) is 2.43. The molecule has 0 aliphatic heterocycles. The van der Waals surface area contributed by atoms with Crippen LogP contribution in [0.5, 0.6) is 0 Å². The van der Waals surface area contributed by atoms with Crippen molar-refractivity contribution in [3.05, 3.63) is 24.3 Å². The molecule has 2 rings (SSSR count). The van der Waals surface area contributed by atoms with E-state index in [4.69, 9.17) is 5.73 Å². The van der Waals surface area contributed by atoms with Crippen LogP contribution in [0.15, 0.2) is 29.2 Å². The Morgan fingerprint density at radius 3 is 2.47 bits per heavy atom. The van der Waals surface area contributed by atoms with Crippen LogP contribution in [-0.4, -0.2) is 39.0 Å². The summed E-state index contributed by atoms with van der Waals surface area (Å²) in [5.41, 5.74) is 6.11. The van der Waals surface area contributed by atoms with Crippen LogP contribution in [0.2, 0.25) is 0 Å². The molecule has 0 aromatic heterocycles. The van der Waals surface area contributed by atoms with E-state index in [1.165, 1.54) is 25.0 Å². The number of nitrogens with zero attached hydrogens (tertiary/aromatic N) is 1. The van der Waals surface area contributed by atoms with Crippen molar-refractivity contribution < 1.29 is 8.42 Å². The van der Waals surface area contributed by atoms with Crippen LogP contribution in [0.1, 0.15) is 19.8 Å². The maximum atomic E-state index is 12.1. The number of likely N-dealkylation sites (N-methyl/N-ethyl adjacent to an activating group) is 1. The van der Waals surface area contributed by atoms with Crippen molar-refractivity contribution in [1.29, 1.82) is 0 Å². The van der Waals surface area contributed by atoms with Gasteiger partial charge in [0, 0.05) is 24.3 Å². The molecule has 0 radical (unpaired) electrons. The highest BCUT2D eigenvalue weighted by atomic mass is 32.2. The van der Waals surface area contributed by atoms with Gasteiger partial charge in [-0.1, -0.05) is 0 Å². The average Bonchev–Trinajstić information content (AvgIpc) is 3.20. The lowest BCUT2D eigenvalue weighted by atomic mass is 10.3. The fourth-order valence-corrected chi connectivity index (χ4v) is 3.07. The van der Waals surface area contributed by atoms with Crippen LogP contribution in [-0.2, 0) is 10.0 Å². The molecule has 0 spiro atoms. The van der Waals surface area contributed by atoms with Crippen molar-refractivity contribution >= 4 is 15.7 Å². The Labute approximate surface area is 114 Å². The Balaban J connectivity index is 1.95. The Hall–Kier alpha value is -1.11. The van der Waals surface area contributed by atoms with Crippen molar-refractivity contribution in [2.24, 2.45) is 0 Å². The minimum Gasteiger partial charge on any atom is -0.399 e. The fourth-order valence-electron chi connectivity index (χ4n) is 1.95. The Morgan fingerprint density at radius 2 is 1.95 bits per heavy atom. The first kappa shape index (κ1) is 14.3. The third kappa shape index (κ3) is 3.68. The minimum absolute atomic E-state index is 0.191. The van der Waals surface area contributed by atoms with Gasteiger partial charge in [0.1, 0.15) is 0 Å². The molecule has 106 valence electrons. The molecule has 0 bridgehead atoms. The first-order chi connectivity index (χ1) is 8.90. The summed E-state index contributed by atoms with van der Waals surface area (Å²) in [5.74, 6) is 0. The number of nitrogen functional groups attached to an aromatic ring is 1. The quantitative estimate of drug-likeness (QED) is 0.765. The molecule has 3 N–H and O–H groups in total. The second-order valence-corrected chi connectivity index (χ2v) is 6.93. The van der Waals surface area contributed by atoms with E-state index >= 15 is 0 Å². The lowest BCUT2D eigenvalue weighted by molar-refractivity contribution is 0.248. The average molecular weight is 283 g/mol. The van der Waals surface area contributed by atoms with Gasteiger partial charge in [-0.2, -0.15) is 0 Å². The van der Waals surface area contributed by atoms with Crippen LogP contribution in [0, 0.1) is 0 Å². The van der Waals surface area contributed by atoms with Crippen molar-refractivity contribution in [2.75, 3.05) is 19.3 Å². The van der Waals surface area contributed by atoms with Gasteiger partial charge < -0.3 is 5.73 Å². The molecule has 1 aliphatic carbocycles. The number of hydrogen-bond acceptors (Lipinski definition) is 4. The van der Waals surface area contributed by atoms with Gasteiger partial charge in [-0.05, 0) is 51.1 Å². The lowest BCUT2D eigenvalue weighted by Crippen LogP contribution is -2.41. The molecule has 6 heteroatoms. The molecular formula is C13H21N3O2S. The molecule has 5 nitrogen and oxygen atoms in total. The van der Waals surface area contributed by atoms with Crippen molar-refractivity contribution in [1.82, 2.24) is 9.62 Å². The molecule has 0 saturated heterocycles. The number of benzene rings is 1. The number of rotatable bonds is 6. The summed E-state index contributed by atoms with van der Waals surface area (Å²) in [6, 6.07) is 7.04. The molecule has 0 heterocycles. The third-order valence-electron chi connectivity index (χ3n) is 3.58. The predicted octanol–water partition coefficient (Wildman–Crippen LogP) is 1.03. The highest BCUT2D eigenvalue weighted by molar-refractivity contribution is 7.89. The molecule has 1 aromatic rings. The Kier molecular flexibility index (Phi) is 4.13. The van der Waals surface area contributed by atoms with Crippen molar-refractivity contribution in [2.45, 2.75) is 36.7 Å². The molecule has 1 atom stereocenters. The summed E-state index contributed by atoms with van der Waals surface area (Å²) in [6.45, 7) is 2.45. The van der Waals surface area contributed by atoms with Gasteiger partial charge in [0.2, 0.25) is 10.0 Å². The maximum Gasteiger partial charge on any atom is 0.240 e. The summed E-state index contributed by atoms with van der Waals surface area (Å²) in [4.78, 5) is 2.48. The summed E-state index contributed by atoms with van der Waals surface area (Å²) < 4.78 is 26.8. The third-order valence-corrected chi connectivity index (χ3v) is 5.02. The number of sulfonamides is 1. The highest BCUT2D eigenvalue weighted by Gasteiger charge is 2.29. The van der Waals surface area contributed by atoms with E-state index < -0.39 is 10.0 Å². The van der Waals surface area contributed by atoms with E-state index in [9.17, 15) is 8.42 Å². The molecule has 0 amide bonds. The molecule has 19 heavy (non-hydrogen) atoms. The molecule has 1 unspecified atom stereocenters. The zero-order chi connectivity index (χ0) is 14.0. The molecule has 1 saturated carbocycles. The summed E-state index contributed by atoms with van der Waals surface area (Å²) in [7, 11) is -1.40. The zero-order valence-corrected chi connectivity index (χ0v) is 12.2. The monoisotopic (exact) mass is 283 g/mol. The number of nitrogens with one attached hydrogen (secondary N) is 1. The van der Waals surface area contributed by atoms with Crippen molar-refractivity contribution in [3.63, 3.8) is 0 Å². The van der Waals surface area contributed by atoms with Crippen LogP contribution >= 0.6 is 0 Å². The van der Waals surface area contributed by atoms with E-state index in [2.05, 4.69) is 9.62 Å². The smallest absolute Gasteiger partial charge is 0.240 e. The Morgan fingerprint density at radius 1 is 1.37 bits per heavy atom. The minimum atomic E-state index is -3.44. The zero-order valence-electron chi connectivity index (χ0n) is 11.3. The number of hydrogen-bond donors (Lipinski definition) is 2. The van der Waals surface area contributed by atoms with Gasteiger partial charge in [0.25, 0.3) is 0 Å². The SMILES string of the molecule is CC(CNS(=O)(=O)c1ccc(N)cc1)N(C)C1CC1. The summed E-state index contributed by atoms with van der Waals surface area (Å²) in [5, 5.41) is 0. The van der Waals surface area contributed by atoms with Gasteiger partial charge in [0.05, 0.1) is 4.90 Å². The fraction of sp³-hybridized carbons (Fsp3) is 0.538. The van der Waals surface area contributed by atoms with E-state index in [1.807, 2.05) is 14.0 Å². The highest BCUT2D eigenvalue weighted by Crippen LogP contribution is 2.26. The number of anilines is 1. The molecular weight excluding hydrogens is 262 g/mol. The van der Waals surface area contributed by atoms with Gasteiger partial charge >= 0.3 is 0 Å². The standard InChI is InChI=1S/C13H21N3O2S/c1-10(16(2)12-5-6-12)9-15-19(17,18)13-7-3-11(14)4-8-13/h3-4,7-8,10,12,15H,5-6,9,14H2,1-2H3. The summed E-state index contributed by atoms with van der Waals surface area (Å²) >= 11 is 0. The van der Waals surface area contributed by atoms with Gasteiger partial charge in [-0.25, -0.2) is 13.1 Å².